The molecule has 1 N–H and O–H groups in total. The zero-order valence-electron chi connectivity index (χ0n) is 6.83. The van der Waals surface area contributed by atoms with Crippen molar-refractivity contribution in [1.82, 2.24) is 9.97 Å². The lowest BCUT2D eigenvalue weighted by atomic mass is 10.3. The van der Waals surface area contributed by atoms with E-state index in [0.717, 1.165) is 25.2 Å². The second-order valence-electron chi connectivity index (χ2n) is 2.33. The molecule has 0 fully saturated rings. The van der Waals surface area contributed by atoms with Gasteiger partial charge in [-0.1, -0.05) is 0 Å². The van der Waals surface area contributed by atoms with Crippen LogP contribution in [0.5, 0.6) is 0 Å². The standard InChI is InChI=1S/C9H11N3/c1-2-3-4-6-11-9-5-7-10-8-12-9/h1,5,7-8H,3-4,6H2,(H,10,11,12). The van der Waals surface area contributed by atoms with E-state index >= 15 is 0 Å². The van der Waals surface area contributed by atoms with Crippen molar-refractivity contribution in [2.75, 3.05) is 11.9 Å². The quantitative estimate of drug-likeness (QED) is 0.534. The molecule has 1 aromatic heterocycles. The number of rotatable bonds is 4. The fraction of sp³-hybridized carbons (Fsp3) is 0.333. The summed E-state index contributed by atoms with van der Waals surface area (Å²) in [7, 11) is 0. The van der Waals surface area contributed by atoms with Crippen molar-refractivity contribution in [1.29, 1.82) is 0 Å². The Morgan fingerprint density at radius 2 is 2.50 bits per heavy atom. The Morgan fingerprint density at radius 1 is 1.58 bits per heavy atom. The van der Waals surface area contributed by atoms with E-state index in [0.29, 0.717) is 0 Å². The summed E-state index contributed by atoms with van der Waals surface area (Å²) in [5, 5.41) is 3.13. The minimum Gasteiger partial charge on any atom is -0.370 e. The Labute approximate surface area is 72.2 Å². The third-order valence-corrected chi connectivity index (χ3v) is 1.39. The van der Waals surface area contributed by atoms with Crippen LogP contribution in [0.1, 0.15) is 12.8 Å². The lowest BCUT2D eigenvalue weighted by molar-refractivity contribution is 0.899. The largest absolute Gasteiger partial charge is 0.370 e. The number of terminal acetylenes is 1. The van der Waals surface area contributed by atoms with E-state index < -0.39 is 0 Å². The van der Waals surface area contributed by atoms with E-state index in [1.807, 2.05) is 6.07 Å². The molecule has 0 atom stereocenters. The summed E-state index contributed by atoms with van der Waals surface area (Å²) >= 11 is 0. The topological polar surface area (TPSA) is 37.8 Å². The highest BCUT2D eigenvalue weighted by Crippen LogP contribution is 1.98. The molecule has 3 heteroatoms. The smallest absolute Gasteiger partial charge is 0.129 e. The van der Waals surface area contributed by atoms with Gasteiger partial charge >= 0.3 is 0 Å². The van der Waals surface area contributed by atoms with Crippen molar-refractivity contribution in [2.24, 2.45) is 0 Å². The Kier molecular flexibility index (Phi) is 3.65. The summed E-state index contributed by atoms with van der Waals surface area (Å²) in [4.78, 5) is 7.81. The molecule has 0 aliphatic carbocycles. The first-order chi connectivity index (χ1) is 5.93. The summed E-state index contributed by atoms with van der Waals surface area (Å²) in [6.45, 7) is 0.862. The predicted molar refractivity (Wildman–Crippen MR) is 48.6 cm³/mol. The van der Waals surface area contributed by atoms with Crippen LogP contribution in [0.15, 0.2) is 18.6 Å². The molecule has 0 saturated carbocycles. The van der Waals surface area contributed by atoms with Gasteiger partial charge in [0.1, 0.15) is 12.1 Å². The summed E-state index contributed by atoms with van der Waals surface area (Å²) in [6.07, 6.45) is 10.1. The highest BCUT2D eigenvalue weighted by atomic mass is 15.0. The number of anilines is 1. The molecular formula is C9H11N3. The highest BCUT2D eigenvalue weighted by Gasteiger charge is 1.89. The van der Waals surface area contributed by atoms with Crippen LogP contribution in [0.3, 0.4) is 0 Å². The van der Waals surface area contributed by atoms with Crippen LogP contribution in [-0.2, 0) is 0 Å². The van der Waals surface area contributed by atoms with Crippen molar-refractivity contribution in [3.05, 3.63) is 18.6 Å². The second kappa shape index (κ2) is 5.14. The molecule has 1 heterocycles. The molecule has 12 heavy (non-hydrogen) atoms. The van der Waals surface area contributed by atoms with Crippen LogP contribution in [0, 0.1) is 12.3 Å². The van der Waals surface area contributed by atoms with Crippen LogP contribution in [0.2, 0.25) is 0 Å². The molecule has 0 radical (unpaired) electrons. The minimum absolute atomic E-state index is 0.804. The highest BCUT2D eigenvalue weighted by molar-refractivity contribution is 5.31. The van der Waals surface area contributed by atoms with Gasteiger partial charge in [-0.15, -0.1) is 12.3 Å². The molecule has 1 rings (SSSR count). The zero-order valence-corrected chi connectivity index (χ0v) is 6.83. The molecule has 0 saturated heterocycles. The lowest BCUT2D eigenvalue weighted by Crippen LogP contribution is -2.02. The first kappa shape index (κ1) is 8.54. The lowest BCUT2D eigenvalue weighted by Gasteiger charge is -2.01. The monoisotopic (exact) mass is 161 g/mol. The maximum absolute atomic E-state index is 5.10. The number of hydrogen-bond acceptors (Lipinski definition) is 3. The third kappa shape index (κ3) is 3.02. The summed E-state index contributed by atoms with van der Waals surface area (Å²) in [5.41, 5.74) is 0. The van der Waals surface area contributed by atoms with Crippen molar-refractivity contribution in [3.63, 3.8) is 0 Å². The van der Waals surface area contributed by atoms with Gasteiger partial charge in [-0.05, 0) is 12.5 Å². The molecular weight excluding hydrogens is 150 g/mol. The zero-order chi connectivity index (χ0) is 8.65. The first-order valence-corrected chi connectivity index (χ1v) is 3.87. The first-order valence-electron chi connectivity index (χ1n) is 3.87. The van der Waals surface area contributed by atoms with Gasteiger partial charge in [0.25, 0.3) is 0 Å². The fourth-order valence-electron chi connectivity index (χ4n) is 0.802. The Balaban J connectivity index is 2.21. The van der Waals surface area contributed by atoms with Gasteiger partial charge < -0.3 is 5.32 Å². The van der Waals surface area contributed by atoms with Gasteiger partial charge in [0, 0.05) is 19.2 Å². The van der Waals surface area contributed by atoms with Crippen molar-refractivity contribution in [3.8, 4) is 12.3 Å². The van der Waals surface area contributed by atoms with E-state index in [9.17, 15) is 0 Å². The number of nitrogens with zero attached hydrogens (tertiary/aromatic N) is 2. The summed E-state index contributed by atoms with van der Waals surface area (Å²) in [5.74, 6) is 3.43. The van der Waals surface area contributed by atoms with Crippen LogP contribution in [-0.4, -0.2) is 16.5 Å². The molecule has 0 aromatic carbocycles. The number of nitrogens with one attached hydrogen (secondary N) is 1. The van der Waals surface area contributed by atoms with Crippen LogP contribution < -0.4 is 5.32 Å². The molecule has 0 aliphatic heterocycles. The van der Waals surface area contributed by atoms with E-state index in [1.54, 1.807) is 6.20 Å². The average molecular weight is 161 g/mol. The number of unbranched alkanes of at least 4 members (excludes halogenated alkanes) is 1. The van der Waals surface area contributed by atoms with E-state index in [2.05, 4.69) is 21.2 Å². The SMILES string of the molecule is C#CCCCNc1ccncn1. The summed E-state index contributed by atoms with van der Waals surface area (Å²) < 4.78 is 0. The Morgan fingerprint density at radius 3 is 3.17 bits per heavy atom. The predicted octanol–water partition coefficient (Wildman–Crippen LogP) is 1.30. The van der Waals surface area contributed by atoms with Gasteiger partial charge in [0.05, 0.1) is 0 Å². The molecule has 62 valence electrons. The van der Waals surface area contributed by atoms with Crippen LogP contribution in [0.25, 0.3) is 0 Å². The third-order valence-electron chi connectivity index (χ3n) is 1.39. The van der Waals surface area contributed by atoms with Crippen LogP contribution in [0.4, 0.5) is 5.82 Å². The van der Waals surface area contributed by atoms with E-state index in [1.165, 1.54) is 6.33 Å². The van der Waals surface area contributed by atoms with Gasteiger partial charge in [-0.2, -0.15) is 0 Å². The number of hydrogen-bond donors (Lipinski definition) is 1. The molecule has 0 unspecified atom stereocenters. The van der Waals surface area contributed by atoms with E-state index in [-0.39, 0.29) is 0 Å². The Hall–Kier alpha value is -1.56. The maximum atomic E-state index is 5.10. The van der Waals surface area contributed by atoms with Gasteiger partial charge in [-0.3, -0.25) is 0 Å². The number of aromatic nitrogens is 2. The van der Waals surface area contributed by atoms with E-state index in [4.69, 9.17) is 6.42 Å². The van der Waals surface area contributed by atoms with Crippen molar-refractivity contribution in [2.45, 2.75) is 12.8 Å². The fourth-order valence-corrected chi connectivity index (χ4v) is 0.802. The molecule has 1 aromatic rings. The normalized spacial score (nSPS) is 8.92. The Bertz CT molecular complexity index is 250. The van der Waals surface area contributed by atoms with Crippen molar-refractivity contribution < 1.29 is 0 Å². The summed E-state index contributed by atoms with van der Waals surface area (Å²) in [6, 6.07) is 1.83. The van der Waals surface area contributed by atoms with Gasteiger partial charge in [-0.25, -0.2) is 9.97 Å². The maximum Gasteiger partial charge on any atom is 0.129 e. The molecule has 3 nitrogen and oxygen atoms in total. The molecule has 0 bridgehead atoms. The molecule has 0 spiro atoms. The van der Waals surface area contributed by atoms with Gasteiger partial charge in [0.15, 0.2) is 0 Å². The minimum atomic E-state index is 0.804. The van der Waals surface area contributed by atoms with Crippen molar-refractivity contribution >= 4 is 5.82 Å². The average Bonchev–Trinajstić information content (AvgIpc) is 2.14. The molecule has 0 aliphatic rings. The molecule has 0 amide bonds. The van der Waals surface area contributed by atoms with Crippen LogP contribution >= 0.6 is 0 Å². The van der Waals surface area contributed by atoms with Gasteiger partial charge in [0.2, 0.25) is 0 Å². The second-order valence-corrected chi connectivity index (χ2v) is 2.33.